The molecule has 1 aliphatic heterocycles. The number of carbonyl (C=O) groups excluding carboxylic acids is 2. The SMILES string of the molecule is CCOC(=O)c1c(NC(=O)c2ccc(OCC)cc2)sc2c1CCN(CC)C2.Cl. The zero-order chi connectivity index (χ0) is 20.1. The lowest BCUT2D eigenvalue weighted by molar-refractivity contribution is 0.0526. The van der Waals surface area contributed by atoms with Gasteiger partial charge in [-0.1, -0.05) is 6.92 Å². The van der Waals surface area contributed by atoms with E-state index >= 15 is 0 Å². The molecule has 0 spiro atoms. The van der Waals surface area contributed by atoms with Crippen molar-refractivity contribution in [1.82, 2.24) is 4.90 Å². The first-order valence-corrected chi connectivity index (χ1v) is 10.5. The van der Waals surface area contributed by atoms with Crippen LogP contribution in [0.1, 0.15) is 51.9 Å². The summed E-state index contributed by atoms with van der Waals surface area (Å²) in [5.74, 6) is 0.101. The summed E-state index contributed by atoms with van der Waals surface area (Å²) in [6.07, 6.45) is 0.784. The Morgan fingerprint density at radius 1 is 1.14 bits per heavy atom. The van der Waals surface area contributed by atoms with Crippen LogP contribution < -0.4 is 10.1 Å². The Labute approximate surface area is 181 Å². The predicted octanol–water partition coefficient (Wildman–Crippen LogP) is 4.38. The molecule has 8 heteroatoms. The van der Waals surface area contributed by atoms with Gasteiger partial charge in [-0.3, -0.25) is 9.69 Å². The van der Waals surface area contributed by atoms with E-state index in [1.54, 1.807) is 31.2 Å². The molecule has 3 rings (SSSR count). The molecule has 0 unspecified atom stereocenters. The van der Waals surface area contributed by atoms with E-state index in [0.717, 1.165) is 42.2 Å². The Bertz CT molecular complexity index is 851. The molecule has 1 aromatic heterocycles. The van der Waals surface area contributed by atoms with Crippen LogP contribution in [0.15, 0.2) is 24.3 Å². The molecule has 0 atom stereocenters. The van der Waals surface area contributed by atoms with Crippen molar-refractivity contribution >= 4 is 40.6 Å². The van der Waals surface area contributed by atoms with Gasteiger partial charge in [0.25, 0.3) is 5.91 Å². The van der Waals surface area contributed by atoms with Crippen molar-refractivity contribution in [3.63, 3.8) is 0 Å². The molecule has 29 heavy (non-hydrogen) atoms. The molecule has 0 saturated carbocycles. The largest absolute Gasteiger partial charge is 0.494 e. The minimum Gasteiger partial charge on any atom is -0.494 e. The molecule has 1 amide bonds. The number of benzene rings is 1. The number of halogens is 1. The smallest absolute Gasteiger partial charge is 0.341 e. The lowest BCUT2D eigenvalue weighted by Gasteiger charge is -2.25. The molecule has 158 valence electrons. The maximum atomic E-state index is 12.7. The van der Waals surface area contributed by atoms with E-state index in [9.17, 15) is 9.59 Å². The molecule has 2 aromatic rings. The molecule has 1 aromatic carbocycles. The third-order valence-corrected chi connectivity index (χ3v) is 5.85. The maximum Gasteiger partial charge on any atom is 0.341 e. The highest BCUT2D eigenvalue weighted by molar-refractivity contribution is 7.17. The zero-order valence-electron chi connectivity index (χ0n) is 16.9. The lowest BCUT2D eigenvalue weighted by atomic mass is 10.0. The van der Waals surface area contributed by atoms with Gasteiger partial charge in [0.2, 0.25) is 0 Å². The zero-order valence-corrected chi connectivity index (χ0v) is 18.6. The molecule has 0 fully saturated rings. The van der Waals surface area contributed by atoms with Crippen molar-refractivity contribution in [2.24, 2.45) is 0 Å². The van der Waals surface area contributed by atoms with E-state index in [0.29, 0.717) is 29.3 Å². The Kier molecular flexibility index (Phi) is 8.49. The maximum absolute atomic E-state index is 12.7. The third-order valence-electron chi connectivity index (χ3n) is 4.72. The monoisotopic (exact) mass is 438 g/mol. The van der Waals surface area contributed by atoms with Crippen LogP contribution in [0.2, 0.25) is 0 Å². The van der Waals surface area contributed by atoms with Crippen molar-refractivity contribution in [1.29, 1.82) is 0 Å². The van der Waals surface area contributed by atoms with Gasteiger partial charge in [0.15, 0.2) is 0 Å². The number of hydrogen-bond donors (Lipinski definition) is 1. The normalized spacial score (nSPS) is 13.2. The Morgan fingerprint density at radius 2 is 1.86 bits per heavy atom. The molecule has 2 heterocycles. The number of nitrogens with one attached hydrogen (secondary N) is 1. The number of esters is 1. The first-order valence-electron chi connectivity index (χ1n) is 9.65. The van der Waals surface area contributed by atoms with Gasteiger partial charge in [-0.25, -0.2) is 4.79 Å². The van der Waals surface area contributed by atoms with Crippen LogP contribution in [-0.2, 0) is 17.7 Å². The fourth-order valence-corrected chi connectivity index (χ4v) is 4.55. The van der Waals surface area contributed by atoms with Crippen LogP contribution in [-0.4, -0.2) is 43.1 Å². The minimum atomic E-state index is -0.369. The van der Waals surface area contributed by atoms with Gasteiger partial charge in [0, 0.05) is 23.5 Å². The Morgan fingerprint density at radius 3 is 2.48 bits per heavy atom. The number of nitrogens with zero attached hydrogens (tertiary/aromatic N) is 1. The van der Waals surface area contributed by atoms with Gasteiger partial charge < -0.3 is 14.8 Å². The number of amides is 1. The van der Waals surface area contributed by atoms with Crippen molar-refractivity contribution in [2.45, 2.75) is 33.7 Å². The van der Waals surface area contributed by atoms with Crippen LogP contribution in [0.4, 0.5) is 5.00 Å². The summed E-state index contributed by atoms with van der Waals surface area (Å²) in [4.78, 5) is 28.8. The van der Waals surface area contributed by atoms with Crippen LogP contribution in [0.3, 0.4) is 0 Å². The molecule has 1 N–H and O–H groups in total. The Hall–Kier alpha value is -2.09. The highest BCUT2D eigenvalue weighted by Gasteiger charge is 2.29. The van der Waals surface area contributed by atoms with Crippen molar-refractivity contribution in [3.8, 4) is 5.75 Å². The van der Waals surface area contributed by atoms with Crippen LogP contribution in [0.5, 0.6) is 5.75 Å². The Balaban J connectivity index is 0.00000300. The van der Waals surface area contributed by atoms with Crippen LogP contribution in [0.25, 0.3) is 0 Å². The van der Waals surface area contributed by atoms with E-state index < -0.39 is 0 Å². The van der Waals surface area contributed by atoms with Gasteiger partial charge in [-0.15, -0.1) is 23.7 Å². The number of anilines is 1. The highest BCUT2D eigenvalue weighted by atomic mass is 35.5. The van der Waals surface area contributed by atoms with Crippen molar-refractivity contribution < 1.29 is 19.1 Å². The number of ether oxygens (including phenoxy) is 2. The standard InChI is InChI=1S/C21H26N2O4S.ClH/c1-4-23-12-11-16-17(13-23)28-20(18(16)21(25)27-6-3)22-19(24)14-7-9-15(10-8-14)26-5-2;/h7-10H,4-6,11-13H2,1-3H3,(H,22,24);1H. The number of fused-ring (bicyclic) bond motifs is 1. The molecule has 0 saturated heterocycles. The summed E-state index contributed by atoms with van der Waals surface area (Å²) in [5.41, 5.74) is 2.03. The summed E-state index contributed by atoms with van der Waals surface area (Å²) in [6.45, 7) is 9.35. The first-order chi connectivity index (χ1) is 13.6. The summed E-state index contributed by atoms with van der Waals surface area (Å²) in [5, 5.41) is 3.50. The predicted molar refractivity (Wildman–Crippen MR) is 118 cm³/mol. The average molecular weight is 439 g/mol. The average Bonchev–Trinajstić information content (AvgIpc) is 3.05. The minimum absolute atomic E-state index is 0. The highest BCUT2D eigenvalue weighted by Crippen LogP contribution is 2.38. The lowest BCUT2D eigenvalue weighted by Crippen LogP contribution is -2.30. The van der Waals surface area contributed by atoms with Gasteiger partial charge in [-0.2, -0.15) is 0 Å². The second-order valence-corrected chi connectivity index (χ2v) is 7.56. The second-order valence-electron chi connectivity index (χ2n) is 6.46. The number of likely N-dealkylation sites (N-methyl/N-ethyl adjacent to an activating group) is 1. The van der Waals surface area contributed by atoms with Gasteiger partial charge in [0.05, 0.1) is 18.8 Å². The quantitative estimate of drug-likeness (QED) is 0.650. The third kappa shape index (κ3) is 5.29. The van der Waals surface area contributed by atoms with E-state index in [1.165, 1.54) is 11.3 Å². The molecular formula is C21H27ClN2O4S. The summed E-state index contributed by atoms with van der Waals surface area (Å²) in [7, 11) is 0. The fraction of sp³-hybridized carbons (Fsp3) is 0.429. The van der Waals surface area contributed by atoms with Gasteiger partial charge >= 0.3 is 5.97 Å². The van der Waals surface area contributed by atoms with E-state index in [4.69, 9.17) is 9.47 Å². The van der Waals surface area contributed by atoms with Crippen LogP contribution >= 0.6 is 23.7 Å². The van der Waals surface area contributed by atoms with Gasteiger partial charge in [-0.05, 0) is 56.6 Å². The second kappa shape index (κ2) is 10.6. The number of thiophene rings is 1. The number of carbonyl (C=O) groups is 2. The van der Waals surface area contributed by atoms with Crippen LogP contribution in [0, 0.1) is 0 Å². The van der Waals surface area contributed by atoms with E-state index in [2.05, 4.69) is 17.1 Å². The van der Waals surface area contributed by atoms with E-state index in [1.807, 2.05) is 6.92 Å². The van der Waals surface area contributed by atoms with Gasteiger partial charge in [0.1, 0.15) is 10.8 Å². The summed E-state index contributed by atoms with van der Waals surface area (Å²) >= 11 is 1.47. The van der Waals surface area contributed by atoms with Crippen molar-refractivity contribution in [3.05, 3.63) is 45.8 Å². The number of rotatable bonds is 7. The number of hydrogen-bond acceptors (Lipinski definition) is 6. The summed E-state index contributed by atoms with van der Waals surface area (Å²) < 4.78 is 10.7. The molecule has 0 radical (unpaired) electrons. The van der Waals surface area contributed by atoms with E-state index in [-0.39, 0.29) is 24.3 Å². The molecular weight excluding hydrogens is 412 g/mol. The first kappa shape index (κ1) is 23.2. The summed E-state index contributed by atoms with van der Waals surface area (Å²) in [6, 6.07) is 6.97. The molecule has 0 bridgehead atoms. The van der Waals surface area contributed by atoms with Crippen molar-refractivity contribution in [2.75, 3.05) is 31.6 Å². The fourth-order valence-electron chi connectivity index (χ4n) is 3.28. The molecule has 0 aliphatic carbocycles. The molecule has 1 aliphatic rings. The topological polar surface area (TPSA) is 67.9 Å². The molecule has 6 nitrogen and oxygen atoms in total.